The molecule has 3 rings (SSSR count). The number of allylic oxidation sites excluding steroid dienone is 1. The fraction of sp³-hybridized carbons (Fsp3) is 0.118. The van der Waals surface area contributed by atoms with E-state index in [-0.39, 0.29) is 17.1 Å². The van der Waals surface area contributed by atoms with Crippen molar-refractivity contribution in [2.75, 3.05) is 0 Å². The molecule has 6 heteroatoms. The van der Waals surface area contributed by atoms with Gasteiger partial charge in [-0.15, -0.1) is 0 Å². The third-order valence-corrected chi connectivity index (χ3v) is 3.56. The van der Waals surface area contributed by atoms with Crippen LogP contribution in [0.25, 0.3) is 17.0 Å². The van der Waals surface area contributed by atoms with Gasteiger partial charge < -0.3 is 8.98 Å². The molecule has 0 unspecified atom stereocenters. The Hall–Kier alpha value is -3.15. The molecule has 0 atom stereocenters. The lowest BCUT2D eigenvalue weighted by Crippen LogP contribution is -2.37. The third kappa shape index (κ3) is 2.66. The largest absolute Gasteiger partial charge is 0.453 e. The van der Waals surface area contributed by atoms with Crippen LogP contribution >= 0.6 is 0 Å². The molecule has 0 aliphatic carbocycles. The Balaban J connectivity index is 1.95. The van der Waals surface area contributed by atoms with E-state index in [9.17, 15) is 14.4 Å². The second-order valence-electron chi connectivity index (χ2n) is 5.19. The molecule has 0 amide bonds. The van der Waals surface area contributed by atoms with E-state index >= 15 is 0 Å². The lowest BCUT2D eigenvalue weighted by molar-refractivity contribution is 0.102. The molecule has 0 radical (unpaired) electrons. The van der Waals surface area contributed by atoms with Crippen LogP contribution in [0, 0.1) is 0 Å². The summed E-state index contributed by atoms with van der Waals surface area (Å²) in [7, 11) is 2.93. The Bertz CT molecular complexity index is 1020. The molecule has 0 saturated carbocycles. The smallest absolute Gasteiger partial charge is 0.330 e. The van der Waals surface area contributed by atoms with Gasteiger partial charge in [-0.05, 0) is 24.3 Å². The van der Waals surface area contributed by atoms with Crippen LogP contribution in [-0.4, -0.2) is 14.9 Å². The minimum atomic E-state index is -0.457. The predicted molar refractivity (Wildman–Crippen MR) is 86.5 cm³/mol. The summed E-state index contributed by atoms with van der Waals surface area (Å²) in [5, 5.41) is 0.835. The summed E-state index contributed by atoms with van der Waals surface area (Å²) in [5.74, 6) is -0.152. The summed E-state index contributed by atoms with van der Waals surface area (Å²) in [6.45, 7) is 0. The van der Waals surface area contributed by atoms with E-state index in [2.05, 4.69) is 0 Å². The standard InChI is InChI=1S/C17H14N2O4/c1-18-10-12(16(21)19(2)17(18)22)7-8-13(20)15-9-11-5-3-4-6-14(11)23-15/h3-10H,1-2H3/b8-7+. The first-order valence-corrected chi connectivity index (χ1v) is 6.95. The van der Waals surface area contributed by atoms with E-state index in [0.29, 0.717) is 5.58 Å². The minimum Gasteiger partial charge on any atom is -0.453 e. The first kappa shape index (κ1) is 14.8. The lowest BCUT2D eigenvalue weighted by atomic mass is 10.2. The summed E-state index contributed by atoms with van der Waals surface area (Å²) >= 11 is 0. The number of furan rings is 1. The number of carbonyl (C=O) groups excluding carboxylic acids is 1. The van der Waals surface area contributed by atoms with E-state index in [1.807, 2.05) is 18.2 Å². The summed E-state index contributed by atoms with van der Waals surface area (Å²) in [4.78, 5) is 35.8. The van der Waals surface area contributed by atoms with Crippen molar-refractivity contribution in [1.82, 2.24) is 9.13 Å². The third-order valence-electron chi connectivity index (χ3n) is 3.56. The first-order valence-electron chi connectivity index (χ1n) is 6.95. The molecule has 0 spiro atoms. The number of hydrogen-bond acceptors (Lipinski definition) is 4. The van der Waals surface area contributed by atoms with Crippen LogP contribution < -0.4 is 11.2 Å². The van der Waals surface area contributed by atoms with E-state index in [4.69, 9.17) is 4.42 Å². The first-order chi connectivity index (χ1) is 11.0. The zero-order valence-corrected chi connectivity index (χ0v) is 12.6. The highest BCUT2D eigenvalue weighted by Crippen LogP contribution is 2.19. The van der Waals surface area contributed by atoms with Gasteiger partial charge in [-0.3, -0.25) is 14.2 Å². The van der Waals surface area contributed by atoms with Gasteiger partial charge in [0.2, 0.25) is 5.78 Å². The van der Waals surface area contributed by atoms with Gasteiger partial charge in [-0.2, -0.15) is 0 Å². The molecule has 1 aromatic carbocycles. The van der Waals surface area contributed by atoms with Crippen molar-refractivity contribution in [1.29, 1.82) is 0 Å². The van der Waals surface area contributed by atoms with Crippen molar-refractivity contribution in [3.8, 4) is 0 Å². The number of fused-ring (bicyclic) bond motifs is 1. The predicted octanol–water partition coefficient (Wildman–Crippen LogP) is 1.73. The molecule has 6 nitrogen and oxygen atoms in total. The molecule has 2 heterocycles. The molecular weight excluding hydrogens is 296 g/mol. The Morgan fingerprint density at radius 1 is 1.17 bits per heavy atom. The Morgan fingerprint density at radius 3 is 2.65 bits per heavy atom. The Labute approximate surface area is 130 Å². The zero-order chi connectivity index (χ0) is 16.6. The number of nitrogens with zero attached hydrogens (tertiary/aromatic N) is 2. The fourth-order valence-corrected chi connectivity index (χ4v) is 2.30. The topological polar surface area (TPSA) is 74.2 Å². The van der Waals surface area contributed by atoms with Gasteiger partial charge in [0.25, 0.3) is 5.56 Å². The van der Waals surface area contributed by atoms with Crippen LogP contribution in [-0.2, 0) is 14.1 Å². The number of hydrogen-bond donors (Lipinski definition) is 0. The van der Waals surface area contributed by atoms with Gasteiger partial charge >= 0.3 is 5.69 Å². The summed E-state index contributed by atoms with van der Waals surface area (Å²) < 4.78 is 7.75. The van der Waals surface area contributed by atoms with Crippen molar-refractivity contribution < 1.29 is 9.21 Å². The van der Waals surface area contributed by atoms with Crippen LogP contribution in [0.4, 0.5) is 0 Å². The highest BCUT2D eigenvalue weighted by molar-refractivity contribution is 6.06. The van der Waals surface area contributed by atoms with Gasteiger partial charge in [0, 0.05) is 25.7 Å². The number of para-hydroxylation sites is 1. The van der Waals surface area contributed by atoms with Gasteiger partial charge in [0.05, 0.1) is 5.56 Å². The molecule has 0 aliphatic rings. The zero-order valence-electron chi connectivity index (χ0n) is 12.6. The van der Waals surface area contributed by atoms with Crippen LogP contribution in [0.2, 0.25) is 0 Å². The van der Waals surface area contributed by atoms with Crippen LogP contribution in [0.3, 0.4) is 0 Å². The quantitative estimate of drug-likeness (QED) is 0.545. The van der Waals surface area contributed by atoms with Gasteiger partial charge in [0.15, 0.2) is 5.76 Å². The van der Waals surface area contributed by atoms with Crippen molar-refractivity contribution in [3.63, 3.8) is 0 Å². The highest BCUT2D eigenvalue weighted by atomic mass is 16.3. The maximum absolute atomic E-state index is 12.2. The lowest BCUT2D eigenvalue weighted by Gasteiger charge is -2.02. The van der Waals surface area contributed by atoms with E-state index in [1.54, 1.807) is 19.2 Å². The van der Waals surface area contributed by atoms with E-state index in [0.717, 1.165) is 9.95 Å². The molecule has 0 aliphatic heterocycles. The maximum atomic E-state index is 12.2. The summed E-state index contributed by atoms with van der Waals surface area (Å²) in [6, 6.07) is 8.96. The number of benzene rings is 1. The Morgan fingerprint density at radius 2 is 1.91 bits per heavy atom. The average molecular weight is 310 g/mol. The number of aryl methyl sites for hydroxylation is 1. The van der Waals surface area contributed by atoms with Crippen molar-refractivity contribution in [3.05, 3.63) is 74.8 Å². The van der Waals surface area contributed by atoms with Gasteiger partial charge in [0.1, 0.15) is 5.58 Å². The van der Waals surface area contributed by atoms with Crippen molar-refractivity contribution in [2.45, 2.75) is 0 Å². The van der Waals surface area contributed by atoms with E-state index in [1.165, 1.54) is 30.0 Å². The minimum absolute atomic E-state index is 0.198. The number of ketones is 1. The maximum Gasteiger partial charge on any atom is 0.330 e. The van der Waals surface area contributed by atoms with Gasteiger partial charge in [-0.25, -0.2) is 4.79 Å². The van der Waals surface area contributed by atoms with Crippen LogP contribution in [0.1, 0.15) is 16.1 Å². The van der Waals surface area contributed by atoms with Crippen molar-refractivity contribution in [2.24, 2.45) is 14.1 Å². The summed E-state index contributed by atoms with van der Waals surface area (Å²) in [6.07, 6.45) is 4.04. The molecule has 23 heavy (non-hydrogen) atoms. The number of rotatable bonds is 3. The van der Waals surface area contributed by atoms with Crippen LogP contribution in [0.5, 0.6) is 0 Å². The second kappa shape index (κ2) is 5.57. The fourth-order valence-electron chi connectivity index (χ4n) is 2.30. The normalized spacial score (nSPS) is 11.4. The number of carbonyl (C=O) groups is 1. The molecule has 3 aromatic rings. The molecule has 0 N–H and O–H groups in total. The monoisotopic (exact) mass is 310 g/mol. The van der Waals surface area contributed by atoms with Gasteiger partial charge in [-0.1, -0.05) is 18.2 Å². The van der Waals surface area contributed by atoms with Crippen LogP contribution in [0.15, 0.2) is 56.6 Å². The SMILES string of the molecule is Cn1cc(/C=C/C(=O)c2cc3ccccc3o2)c(=O)n(C)c1=O. The molecule has 116 valence electrons. The summed E-state index contributed by atoms with van der Waals surface area (Å²) in [5.41, 5.74) is -0.00107. The highest BCUT2D eigenvalue weighted by Gasteiger charge is 2.10. The molecule has 0 saturated heterocycles. The average Bonchev–Trinajstić information content (AvgIpc) is 2.99. The van der Waals surface area contributed by atoms with E-state index < -0.39 is 11.2 Å². The second-order valence-corrected chi connectivity index (χ2v) is 5.19. The van der Waals surface area contributed by atoms with Crippen molar-refractivity contribution >= 4 is 22.8 Å². The number of aromatic nitrogens is 2. The molecule has 0 fully saturated rings. The molecule has 2 aromatic heterocycles. The molecular formula is C17H14N2O4. The molecule has 0 bridgehead atoms. The Kier molecular flexibility index (Phi) is 3.57.